The lowest BCUT2D eigenvalue weighted by Gasteiger charge is -2.25. The lowest BCUT2D eigenvalue weighted by molar-refractivity contribution is 0.403. The molecule has 2 atom stereocenters. The van der Waals surface area contributed by atoms with Gasteiger partial charge in [0, 0.05) is 10.7 Å². The normalized spacial score (nSPS) is 15.1. The van der Waals surface area contributed by atoms with Gasteiger partial charge in [-0.2, -0.15) is 0 Å². The van der Waals surface area contributed by atoms with Crippen molar-refractivity contribution in [3.8, 4) is 5.75 Å². The zero-order valence-corrected chi connectivity index (χ0v) is 9.66. The summed E-state index contributed by atoms with van der Waals surface area (Å²) >= 11 is 0. The van der Waals surface area contributed by atoms with Gasteiger partial charge in [0.1, 0.15) is 5.75 Å². The zero-order valence-electron chi connectivity index (χ0n) is 8.50. The van der Waals surface area contributed by atoms with Crippen LogP contribution in [0.1, 0.15) is 25.8 Å². The number of para-hydroxylation sites is 1. The van der Waals surface area contributed by atoms with Gasteiger partial charge in [0.2, 0.25) is 0 Å². The van der Waals surface area contributed by atoms with Gasteiger partial charge >= 0.3 is 0 Å². The summed E-state index contributed by atoms with van der Waals surface area (Å²) in [7, 11) is 4.61. The molecule has 72 valence electrons. The van der Waals surface area contributed by atoms with E-state index < -0.39 is 0 Å². The van der Waals surface area contributed by atoms with Crippen LogP contribution in [0.2, 0.25) is 0 Å². The highest BCUT2D eigenvalue weighted by molar-refractivity contribution is 7.18. The Hall–Kier alpha value is -0.550. The fourth-order valence-electron chi connectivity index (χ4n) is 1.31. The van der Waals surface area contributed by atoms with Crippen LogP contribution in [0.5, 0.6) is 5.75 Å². The van der Waals surface area contributed by atoms with Crippen molar-refractivity contribution in [3.05, 3.63) is 29.8 Å². The van der Waals surface area contributed by atoms with Crippen LogP contribution in [-0.4, -0.2) is 7.11 Å². The van der Waals surface area contributed by atoms with E-state index in [4.69, 9.17) is 4.74 Å². The van der Waals surface area contributed by atoms with E-state index in [9.17, 15) is 0 Å². The predicted octanol–water partition coefficient (Wildman–Crippen LogP) is 3.20. The zero-order chi connectivity index (χ0) is 9.90. The minimum atomic E-state index is 0.118. The van der Waals surface area contributed by atoms with Crippen LogP contribution in [0.4, 0.5) is 0 Å². The molecule has 0 amide bonds. The summed E-state index contributed by atoms with van der Waals surface area (Å²) in [6, 6.07) is 8.18. The summed E-state index contributed by atoms with van der Waals surface area (Å²) < 4.78 is 5.32. The first kappa shape index (κ1) is 10.5. The van der Waals surface area contributed by atoms with Crippen LogP contribution in [0, 0.1) is 0 Å². The lowest BCUT2D eigenvalue weighted by atomic mass is 9.96. The smallest absolute Gasteiger partial charge is 0.122 e. The van der Waals surface area contributed by atoms with Crippen molar-refractivity contribution in [2.75, 3.05) is 7.11 Å². The van der Waals surface area contributed by atoms with E-state index in [2.05, 4.69) is 35.2 Å². The van der Waals surface area contributed by atoms with E-state index in [0.29, 0.717) is 0 Å². The summed E-state index contributed by atoms with van der Waals surface area (Å²) in [5, 5.41) is 0.118. The molecule has 0 aliphatic carbocycles. The maximum atomic E-state index is 5.32. The van der Waals surface area contributed by atoms with E-state index >= 15 is 0 Å². The fourth-order valence-corrected chi connectivity index (χ4v) is 1.55. The molecule has 1 aromatic rings. The average molecular weight is 196 g/mol. The molecule has 0 saturated carbocycles. The van der Waals surface area contributed by atoms with Gasteiger partial charge in [-0.05, 0) is 12.5 Å². The first-order chi connectivity index (χ1) is 6.11. The van der Waals surface area contributed by atoms with Gasteiger partial charge in [0.05, 0.1) is 7.11 Å². The van der Waals surface area contributed by atoms with E-state index in [1.165, 1.54) is 5.56 Å². The Morgan fingerprint density at radius 1 is 1.38 bits per heavy atom. The van der Waals surface area contributed by atoms with E-state index in [-0.39, 0.29) is 5.16 Å². The topological polar surface area (TPSA) is 9.23 Å². The standard InChI is InChI=1S/C11H17OP/c1-4-11(2,13)9-7-5-6-8-10(9)12-3/h5-8H,4,13H2,1-3H3. The Balaban J connectivity index is 3.12. The summed E-state index contributed by atoms with van der Waals surface area (Å²) in [4.78, 5) is 0. The second-order valence-corrected chi connectivity index (χ2v) is 4.75. The van der Waals surface area contributed by atoms with Crippen LogP contribution in [0.3, 0.4) is 0 Å². The molecule has 0 heterocycles. The van der Waals surface area contributed by atoms with Crippen molar-refractivity contribution in [1.29, 1.82) is 0 Å². The quantitative estimate of drug-likeness (QED) is 0.674. The molecule has 0 spiro atoms. The van der Waals surface area contributed by atoms with Crippen molar-refractivity contribution in [1.82, 2.24) is 0 Å². The molecule has 0 aliphatic rings. The third-order valence-corrected chi connectivity index (χ3v) is 3.18. The van der Waals surface area contributed by atoms with Gasteiger partial charge in [-0.1, -0.05) is 32.0 Å². The number of rotatable bonds is 3. The highest BCUT2D eigenvalue weighted by Gasteiger charge is 2.21. The Morgan fingerprint density at radius 2 is 2.00 bits per heavy atom. The molecule has 1 rings (SSSR count). The van der Waals surface area contributed by atoms with Gasteiger partial charge in [0.15, 0.2) is 0 Å². The fraction of sp³-hybridized carbons (Fsp3) is 0.455. The highest BCUT2D eigenvalue weighted by atomic mass is 31.0. The van der Waals surface area contributed by atoms with Crippen LogP contribution in [-0.2, 0) is 5.16 Å². The molecule has 0 fully saturated rings. The van der Waals surface area contributed by atoms with Gasteiger partial charge in [-0.3, -0.25) is 0 Å². The van der Waals surface area contributed by atoms with Gasteiger partial charge in [-0.25, -0.2) is 0 Å². The maximum Gasteiger partial charge on any atom is 0.122 e. The molecule has 0 N–H and O–H groups in total. The second-order valence-electron chi connectivity index (χ2n) is 3.47. The summed E-state index contributed by atoms with van der Waals surface area (Å²) in [5.74, 6) is 0.974. The van der Waals surface area contributed by atoms with E-state index in [1.807, 2.05) is 12.1 Å². The minimum Gasteiger partial charge on any atom is -0.496 e. The maximum absolute atomic E-state index is 5.32. The molecule has 2 unspecified atom stereocenters. The molecule has 2 heteroatoms. The Bertz CT molecular complexity index is 281. The van der Waals surface area contributed by atoms with Crippen molar-refractivity contribution < 1.29 is 4.74 Å². The number of hydrogen-bond donors (Lipinski definition) is 0. The first-order valence-corrected chi connectivity index (χ1v) is 5.12. The third kappa shape index (κ3) is 2.22. The van der Waals surface area contributed by atoms with Crippen molar-refractivity contribution in [2.45, 2.75) is 25.4 Å². The molecule has 0 saturated heterocycles. The minimum absolute atomic E-state index is 0.118. The first-order valence-electron chi connectivity index (χ1n) is 4.54. The largest absolute Gasteiger partial charge is 0.496 e. The predicted molar refractivity (Wildman–Crippen MR) is 60.3 cm³/mol. The SMILES string of the molecule is CCC(C)(P)c1ccccc1OC. The summed E-state index contributed by atoms with van der Waals surface area (Å²) in [6.45, 7) is 4.38. The Morgan fingerprint density at radius 3 is 2.54 bits per heavy atom. The van der Waals surface area contributed by atoms with Crippen molar-refractivity contribution >= 4 is 9.24 Å². The molecule has 0 aromatic heterocycles. The highest BCUT2D eigenvalue weighted by Crippen LogP contribution is 2.39. The third-order valence-electron chi connectivity index (χ3n) is 2.46. The van der Waals surface area contributed by atoms with Gasteiger partial charge < -0.3 is 4.74 Å². The van der Waals surface area contributed by atoms with Crippen LogP contribution in [0.15, 0.2) is 24.3 Å². The molecule has 0 radical (unpaired) electrons. The number of benzene rings is 1. The number of hydrogen-bond acceptors (Lipinski definition) is 1. The number of methoxy groups -OCH3 is 1. The molecular weight excluding hydrogens is 179 g/mol. The van der Waals surface area contributed by atoms with Crippen LogP contribution >= 0.6 is 9.24 Å². The summed E-state index contributed by atoms with van der Waals surface area (Å²) in [6.07, 6.45) is 1.08. The van der Waals surface area contributed by atoms with Crippen molar-refractivity contribution in [2.24, 2.45) is 0 Å². The monoisotopic (exact) mass is 196 g/mol. The lowest BCUT2D eigenvalue weighted by Crippen LogP contribution is -2.12. The van der Waals surface area contributed by atoms with Gasteiger partial charge in [0.25, 0.3) is 0 Å². The molecular formula is C11H17OP. The summed E-state index contributed by atoms with van der Waals surface area (Å²) in [5.41, 5.74) is 1.25. The van der Waals surface area contributed by atoms with Crippen LogP contribution < -0.4 is 4.74 Å². The van der Waals surface area contributed by atoms with Gasteiger partial charge in [-0.15, -0.1) is 9.24 Å². The van der Waals surface area contributed by atoms with E-state index in [1.54, 1.807) is 7.11 Å². The second kappa shape index (κ2) is 4.11. The molecule has 0 aliphatic heterocycles. The molecule has 0 bridgehead atoms. The van der Waals surface area contributed by atoms with Crippen molar-refractivity contribution in [3.63, 3.8) is 0 Å². The Kier molecular flexibility index (Phi) is 3.33. The number of ether oxygens (including phenoxy) is 1. The average Bonchev–Trinajstić information content (AvgIpc) is 2.18. The Labute approximate surface area is 82.7 Å². The van der Waals surface area contributed by atoms with E-state index in [0.717, 1.165) is 12.2 Å². The molecule has 1 nitrogen and oxygen atoms in total. The molecule has 1 aromatic carbocycles. The van der Waals surface area contributed by atoms with Crippen LogP contribution in [0.25, 0.3) is 0 Å². The molecule has 13 heavy (non-hydrogen) atoms.